The Balaban J connectivity index is 1.54. The van der Waals surface area contributed by atoms with E-state index < -0.39 is 0 Å². The van der Waals surface area contributed by atoms with Crippen molar-refractivity contribution in [3.05, 3.63) is 72.8 Å². The standard InChI is InChI=1S/C22H26N4O2/c27-15-13-23-17-1-5-19(6-2-17)25-21-9-11-22(12-10-21)26-20-7-3-18(4-8-20)24-14-16-28/h1-12,23-28H,13-16H2. The van der Waals surface area contributed by atoms with Crippen LogP contribution in [0.25, 0.3) is 0 Å². The average molecular weight is 378 g/mol. The van der Waals surface area contributed by atoms with Gasteiger partial charge in [0.15, 0.2) is 0 Å². The zero-order valence-electron chi connectivity index (χ0n) is 15.7. The molecule has 0 spiro atoms. The van der Waals surface area contributed by atoms with E-state index in [0.717, 1.165) is 34.1 Å². The lowest BCUT2D eigenvalue weighted by Gasteiger charge is -2.11. The number of rotatable bonds is 10. The Morgan fingerprint density at radius 1 is 0.429 bits per heavy atom. The smallest absolute Gasteiger partial charge is 0.0604 e. The van der Waals surface area contributed by atoms with Gasteiger partial charge < -0.3 is 31.5 Å². The molecule has 6 nitrogen and oxygen atoms in total. The van der Waals surface area contributed by atoms with Gasteiger partial charge in [0.1, 0.15) is 0 Å². The summed E-state index contributed by atoms with van der Waals surface area (Å²) in [7, 11) is 0. The maximum absolute atomic E-state index is 8.84. The Morgan fingerprint density at radius 3 is 0.929 bits per heavy atom. The second-order valence-corrected chi connectivity index (χ2v) is 6.28. The van der Waals surface area contributed by atoms with Crippen LogP contribution in [-0.2, 0) is 0 Å². The van der Waals surface area contributed by atoms with Crippen LogP contribution in [0.15, 0.2) is 72.8 Å². The quantitative estimate of drug-likeness (QED) is 0.320. The number of nitrogens with one attached hydrogen (secondary N) is 4. The van der Waals surface area contributed by atoms with E-state index >= 15 is 0 Å². The van der Waals surface area contributed by atoms with Crippen molar-refractivity contribution < 1.29 is 10.2 Å². The molecule has 3 aromatic carbocycles. The Bertz CT molecular complexity index is 761. The average Bonchev–Trinajstić information content (AvgIpc) is 2.74. The van der Waals surface area contributed by atoms with E-state index in [0.29, 0.717) is 13.1 Å². The molecule has 0 bridgehead atoms. The highest BCUT2D eigenvalue weighted by atomic mass is 16.3. The first-order chi connectivity index (χ1) is 13.8. The van der Waals surface area contributed by atoms with E-state index in [4.69, 9.17) is 10.2 Å². The maximum atomic E-state index is 8.84. The molecule has 0 fully saturated rings. The van der Waals surface area contributed by atoms with Crippen LogP contribution >= 0.6 is 0 Å². The van der Waals surface area contributed by atoms with Gasteiger partial charge >= 0.3 is 0 Å². The molecular weight excluding hydrogens is 352 g/mol. The molecule has 0 atom stereocenters. The van der Waals surface area contributed by atoms with Crippen LogP contribution in [0.1, 0.15) is 0 Å². The molecule has 0 saturated carbocycles. The SMILES string of the molecule is OCCNc1ccc(Nc2ccc(Nc3ccc(NCCO)cc3)cc2)cc1. The third-order valence-electron chi connectivity index (χ3n) is 4.11. The molecule has 6 heteroatoms. The minimum Gasteiger partial charge on any atom is -0.395 e. The Hall–Kier alpha value is -3.22. The molecular formula is C22H26N4O2. The molecule has 0 aliphatic rings. The van der Waals surface area contributed by atoms with Gasteiger partial charge in [0.2, 0.25) is 0 Å². The minimum atomic E-state index is 0.116. The van der Waals surface area contributed by atoms with Gasteiger partial charge in [-0.2, -0.15) is 0 Å². The first-order valence-electron chi connectivity index (χ1n) is 9.30. The molecule has 0 aromatic heterocycles. The highest BCUT2D eigenvalue weighted by Gasteiger charge is 1.99. The van der Waals surface area contributed by atoms with Crippen molar-refractivity contribution >= 4 is 34.1 Å². The fraction of sp³-hybridized carbons (Fsp3) is 0.182. The topological polar surface area (TPSA) is 88.6 Å². The van der Waals surface area contributed by atoms with Crippen molar-refractivity contribution in [1.29, 1.82) is 0 Å². The van der Waals surface area contributed by atoms with Gasteiger partial charge in [-0.05, 0) is 72.8 Å². The molecule has 0 radical (unpaired) electrons. The number of benzene rings is 3. The molecule has 0 unspecified atom stereocenters. The van der Waals surface area contributed by atoms with Crippen molar-refractivity contribution in [2.45, 2.75) is 0 Å². The summed E-state index contributed by atoms with van der Waals surface area (Å²) < 4.78 is 0. The molecule has 0 amide bonds. The van der Waals surface area contributed by atoms with Crippen LogP contribution in [0.5, 0.6) is 0 Å². The second kappa shape index (κ2) is 10.2. The van der Waals surface area contributed by atoms with E-state index in [-0.39, 0.29) is 13.2 Å². The Labute approximate surface area is 165 Å². The van der Waals surface area contributed by atoms with Crippen molar-refractivity contribution in [2.24, 2.45) is 0 Å². The summed E-state index contributed by atoms with van der Waals surface area (Å²) in [6.07, 6.45) is 0. The summed E-state index contributed by atoms with van der Waals surface area (Å²) in [5.41, 5.74) is 5.98. The van der Waals surface area contributed by atoms with Crippen LogP contribution in [-0.4, -0.2) is 36.5 Å². The molecule has 146 valence electrons. The molecule has 0 aliphatic carbocycles. The fourth-order valence-corrected chi connectivity index (χ4v) is 2.71. The predicted octanol–water partition coefficient (Wildman–Crippen LogP) is 3.98. The van der Waals surface area contributed by atoms with Gasteiger partial charge in [0, 0.05) is 47.2 Å². The first kappa shape index (κ1) is 19.5. The van der Waals surface area contributed by atoms with E-state index in [2.05, 4.69) is 21.3 Å². The van der Waals surface area contributed by atoms with Gasteiger partial charge in [0.05, 0.1) is 13.2 Å². The second-order valence-electron chi connectivity index (χ2n) is 6.28. The van der Waals surface area contributed by atoms with Gasteiger partial charge in [-0.1, -0.05) is 0 Å². The first-order valence-corrected chi connectivity index (χ1v) is 9.30. The van der Waals surface area contributed by atoms with Crippen LogP contribution in [0.2, 0.25) is 0 Å². The van der Waals surface area contributed by atoms with E-state index in [1.165, 1.54) is 0 Å². The Morgan fingerprint density at radius 2 is 0.679 bits per heavy atom. The van der Waals surface area contributed by atoms with Gasteiger partial charge in [-0.15, -0.1) is 0 Å². The largest absolute Gasteiger partial charge is 0.395 e. The molecule has 0 saturated heterocycles. The summed E-state index contributed by atoms with van der Waals surface area (Å²) in [5, 5.41) is 30.7. The molecule has 6 N–H and O–H groups in total. The van der Waals surface area contributed by atoms with Gasteiger partial charge in [-0.3, -0.25) is 0 Å². The van der Waals surface area contributed by atoms with Crippen LogP contribution in [0.4, 0.5) is 34.1 Å². The summed E-state index contributed by atoms with van der Waals surface area (Å²) in [6.45, 7) is 1.32. The summed E-state index contributed by atoms with van der Waals surface area (Å²) >= 11 is 0. The van der Waals surface area contributed by atoms with Crippen molar-refractivity contribution in [3.63, 3.8) is 0 Å². The van der Waals surface area contributed by atoms with Crippen LogP contribution in [0.3, 0.4) is 0 Å². The third kappa shape index (κ3) is 5.90. The number of anilines is 6. The molecule has 0 heterocycles. The summed E-state index contributed by atoms with van der Waals surface area (Å²) in [4.78, 5) is 0. The summed E-state index contributed by atoms with van der Waals surface area (Å²) in [6, 6.07) is 24.0. The molecule has 0 aliphatic heterocycles. The number of aliphatic hydroxyl groups excluding tert-OH is 2. The van der Waals surface area contributed by atoms with Crippen molar-refractivity contribution in [3.8, 4) is 0 Å². The van der Waals surface area contributed by atoms with Crippen molar-refractivity contribution in [2.75, 3.05) is 47.6 Å². The Kier molecular flexibility index (Phi) is 7.12. The lowest BCUT2D eigenvalue weighted by molar-refractivity contribution is 0.311. The fourth-order valence-electron chi connectivity index (χ4n) is 2.71. The molecule has 28 heavy (non-hydrogen) atoms. The predicted molar refractivity (Wildman–Crippen MR) is 117 cm³/mol. The number of aliphatic hydroxyl groups is 2. The van der Waals surface area contributed by atoms with E-state index in [9.17, 15) is 0 Å². The van der Waals surface area contributed by atoms with Gasteiger partial charge in [-0.25, -0.2) is 0 Å². The van der Waals surface area contributed by atoms with E-state index in [1.54, 1.807) is 0 Å². The zero-order valence-corrected chi connectivity index (χ0v) is 15.7. The molecule has 3 aromatic rings. The zero-order chi connectivity index (χ0) is 19.6. The third-order valence-corrected chi connectivity index (χ3v) is 4.11. The lowest BCUT2D eigenvalue weighted by atomic mass is 10.2. The maximum Gasteiger partial charge on any atom is 0.0604 e. The lowest BCUT2D eigenvalue weighted by Crippen LogP contribution is -2.05. The summed E-state index contributed by atoms with van der Waals surface area (Å²) in [5.74, 6) is 0. The van der Waals surface area contributed by atoms with E-state index in [1.807, 2.05) is 72.8 Å². The monoisotopic (exact) mass is 378 g/mol. The van der Waals surface area contributed by atoms with Crippen LogP contribution < -0.4 is 21.3 Å². The highest BCUT2D eigenvalue weighted by molar-refractivity contribution is 5.67. The normalized spacial score (nSPS) is 10.4. The van der Waals surface area contributed by atoms with Crippen LogP contribution in [0, 0.1) is 0 Å². The van der Waals surface area contributed by atoms with Gasteiger partial charge in [0.25, 0.3) is 0 Å². The molecule has 3 rings (SSSR count). The highest BCUT2D eigenvalue weighted by Crippen LogP contribution is 2.23. The van der Waals surface area contributed by atoms with Crippen molar-refractivity contribution in [1.82, 2.24) is 0 Å². The minimum absolute atomic E-state index is 0.116. The number of hydrogen-bond donors (Lipinski definition) is 6. The number of hydrogen-bond acceptors (Lipinski definition) is 6.